The van der Waals surface area contributed by atoms with E-state index in [1.54, 1.807) is 0 Å². The van der Waals surface area contributed by atoms with Gasteiger partial charge in [-0.3, -0.25) is 9.59 Å². The summed E-state index contributed by atoms with van der Waals surface area (Å²) in [7, 11) is 0. The maximum atomic E-state index is 11.5. The van der Waals surface area contributed by atoms with Gasteiger partial charge in [0.1, 0.15) is 11.8 Å². The highest BCUT2D eigenvalue weighted by molar-refractivity contribution is 5.87. The first-order valence-corrected chi connectivity index (χ1v) is 4.83. The van der Waals surface area contributed by atoms with Gasteiger partial charge in [-0.2, -0.15) is 0 Å². The number of aliphatic carboxylic acids is 1. The summed E-state index contributed by atoms with van der Waals surface area (Å²) in [6, 6.07) is -1.04. The number of hydrogen-bond acceptors (Lipinski definition) is 4. The third kappa shape index (κ3) is 4.59. The van der Waals surface area contributed by atoms with Gasteiger partial charge in [-0.15, -0.1) is 12.4 Å². The van der Waals surface area contributed by atoms with E-state index in [0.29, 0.717) is 0 Å². The predicted octanol–water partition coefficient (Wildman–Crippen LogP) is -0.221. The average Bonchev–Trinajstić information content (AvgIpc) is 2.19. The summed E-state index contributed by atoms with van der Waals surface area (Å²) in [5.74, 6) is -1.12. The quantitative estimate of drug-likeness (QED) is 0.628. The zero-order chi connectivity index (χ0) is 10.6. The SMILES string of the molecule is Cl.NC(CC(=O)C1CCNCC1)C(=O)O. The number of carbonyl (C=O) groups is 2. The lowest BCUT2D eigenvalue weighted by molar-refractivity contribution is -0.140. The molecule has 1 aliphatic rings. The minimum absolute atomic E-state index is 0. The maximum absolute atomic E-state index is 11.5. The summed E-state index contributed by atoms with van der Waals surface area (Å²) in [5, 5.41) is 11.7. The van der Waals surface area contributed by atoms with Crippen LogP contribution in [0.1, 0.15) is 19.3 Å². The molecule has 1 unspecified atom stereocenters. The van der Waals surface area contributed by atoms with Crippen molar-refractivity contribution in [3.63, 3.8) is 0 Å². The molecule has 0 saturated carbocycles. The van der Waals surface area contributed by atoms with Gasteiger partial charge in [0.05, 0.1) is 0 Å². The molecular weight excluding hydrogens is 220 g/mol. The first-order valence-electron chi connectivity index (χ1n) is 4.83. The molecule has 0 spiro atoms. The van der Waals surface area contributed by atoms with Gasteiger partial charge < -0.3 is 16.2 Å². The van der Waals surface area contributed by atoms with Crippen molar-refractivity contribution in [3.05, 3.63) is 0 Å². The van der Waals surface area contributed by atoms with E-state index in [-0.39, 0.29) is 30.5 Å². The van der Waals surface area contributed by atoms with Gasteiger partial charge in [0.25, 0.3) is 0 Å². The molecular formula is C9H17ClN2O3. The normalized spacial score (nSPS) is 19.0. The van der Waals surface area contributed by atoms with Crippen LogP contribution in [-0.4, -0.2) is 36.0 Å². The molecule has 1 fully saturated rings. The third-order valence-corrected chi connectivity index (χ3v) is 2.53. The second-order valence-electron chi connectivity index (χ2n) is 3.64. The highest BCUT2D eigenvalue weighted by Gasteiger charge is 2.24. The average molecular weight is 237 g/mol. The van der Waals surface area contributed by atoms with Gasteiger partial charge >= 0.3 is 5.97 Å². The lowest BCUT2D eigenvalue weighted by Crippen LogP contribution is -2.37. The van der Waals surface area contributed by atoms with Crippen LogP contribution in [0.25, 0.3) is 0 Å². The second kappa shape index (κ2) is 6.76. The molecule has 88 valence electrons. The molecule has 1 saturated heterocycles. The Morgan fingerprint density at radius 1 is 1.40 bits per heavy atom. The fourth-order valence-corrected chi connectivity index (χ4v) is 1.61. The Bertz CT molecular complexity index is 229. The van der Waals surface area contributed by atoms with Crippen LogP contribution in [0.4, 0.5) is 0 Å². The fourth-order valence-electron chi connectivity index (χ4n) is 1.61. The number of piperidine rings is 1. The molecule has 0 aromatic heterocycles. The third-order valence-electron chi connectivity index (χ3n) is 2.53. The van der Waals surface area contributed by atoms with Crippen molar-refractivity contribution in [1.82, 2.24) is 5.32 Å². The number of hydrogen-bond donors (Lipinski definition) is 3. The first kappa shape index (κ1) is 14.3. The second-order valence-corrected chi connectivity index (χ2v) is 3.64. The van der Waals surface area contributed by atoms with Crippen molar-refractivity contribution >= 4 is 24.2 Å². The molecule has 1 aliphatic heterocycles. The van der Waals surface area contributed by atoms with E-state index in [1.807, 2.05) is 0 Å². The molecule has 15 heavy (non-hydrogen) atoms. The molecule has 4 N–H and O–H groups in total. The first-order chi connectivity index (χ1) is 6.61. The fraction of sp³-hybridized carbons (Fsp3) is 0.778. The minimum Gasteiger partial charge on any atom is -0.480 e. The smallest absolute Gasteiger partial charge is 0.320 e. The molecule has 0 amide bonds. The van der Waals surface area contributed by atoms with E-state index in [1.165, 1.54) is 0 Å². The van der Waals surface area contributed by atoms with Gasteiger partial charge in [0.15, 0.2) is 0 Å². The zero-order valence-corrected chi connectivity index (χ0v) is 9.26. The summed E-state index contributed by atoms with van der Waals surface area (Å²) in [4.78, 5) is 22.0. The summed E-state index contributed by atoms with van der Waals surface area (Å²) in [5.41, 5.74) is 5.29. The molecule has 0 aromatic carbocycles. The van der Waals surface area contributed by atoms with Gasteiger partial charge in [0.2, 0.25) is 0 Å². The Morgan fingerprint density at radius 3 is 2.40 bits per heavy atom. The lowest BCUT2D eigenvalue weighted by Gasteiger charge is -2.21. The van der Waals surface area contributed by atoms with E-state index in [2.05, 4.69) is 5.32 Å². The van der Waals surface area contributed by atoms with Crippen molar-refractivity contribution in [2.75, 3.05) is 13.1 Å². The van der Waals surface area contributed by atoms with Crippen LogP contribution in [0, 0.1) is 5.92 Å². The Kier molecular flexibility index (Phi) is 6.47. The van der Waals surface area contributed by atoms with Crippen LogP contribution < -0.4 is 11.1 Å². The molecule has 0 bridgehead atoms. The van der Waals surface area contributed by atoms with Crippen molar-refractivity contribution in [2.24, 2.45) is 11.7 Å². The standard InChI is InChI=1S/C9H16N2O3.ClH/c10-7(9(13)14)5-8(12)6-1-3-11-4-2-6;/h6-7,11H,1-5,10H2,(H,13,14);1H. The van der Waals surface area contributed by atoms with Gasteiger partial charge in [-0.1, -0.05) is 0 Å². The molecule has 1 atom stereocenters. The molecule has 0 aromatic rings. The molecule has 0 aliphatic carbocycles. The number of rotatable bonds is 4. The zero-order valence-electron chi connectivity index (χ0n) is 8.44. The van der Waals surface area contributed by atoms with E-state index in [9.17, 15) is 9.59 Å². The summed E-state index contributed by atoms with van der Waals surface area (Å²) in [6.45, 7) is 1.66. The van der Waals surface area contributed by atoms with Crippen LogP contribution in [0.5, 0.6) is 0 Å². The van der Waals surface area contributed by atoms with E-state index < -0.39 is 12.0 Å². The number of carbonyl (C=O) groups excluding carboxylic acids is 1. The van der Waals surface area contributed by atoms with Crippen molar-refractivity contribution in [2.45, 2.75) is 25.3 Å². The Balaban J connectivity index is 0.00000196. The Labute approximate surface area is 94.8 Å². The topological polar surface area (TPSA) is 92.4 Å². The number of nitrogens with one attached hydrogen (secondary N) is 1. The molecule has 5 nitrogen and oxygen atoms in total. The molecule has 6 heteroatoms. The molecule has 1 rings (SSSR count). The van der Waals surface area contributed by atoms with Crippen LogP contribution >= 0.6 is 12.4 Å². The number of nitrogens with two attached hydrogens (primary N) is 1. The van der Waals surface area contributed by atoms with E-state index in [0.717, 1.165) is 25.9 Å². The van der Waals surface area contributed by atoms with Gasteiger partial charge in [-0.25, -0.2) is 0 Å². The van der Waals surface area contributed by atoms with Crippen LogP contribution in [0.3, 0.4) is 0 Å². The highest BCUT2D eigenvalue weighted by atomic mass is 35.5. The van der Waals surface area contributed by atoms with Crippen molar-refractivity contribution in [3.8, 4) is 0 Å². The number of ketones is 1. The summed E-state index contributed by atoms with van der Waals surface area (Å²) in [6.07, 6.45) is 1.55. The maximum Gasteiger partial charge on any atom is 0.320 e. The van der Waals surface area contributed by atoms with Crippen molar-refractivity contribution in [1.29, 1.82) is 0 Å². The predicted molar refractivity (Wildman–Crippen MR) is 58.1 cm³/mol. The van der Waals surface area contributed by atoms with Crippen LogP contribution in [-0.2, 0) is 9.59 Å². The molecule has 0 radical (unpaired) electrons. The van der Waals surface area contributed by atoms with Crippen LogP contribution in [0.2, 0.25) is 0 Å². The van der Waals surface area contributed by atoms with Crippen molar-refractivity contribution < 1.29 is 14.7 Å². The van der Waals surface area contributed by atoms with Gasteiger partial charge in [0, 0.05) is 12.3 Å². The van der Waals surface area contributed by atoms with Crippen LogP contribution in [0.15, 0.2) is 0 Å². The lowest BCUT2D eigenvalue weighted by atomic mass is 9.90. The summed E-state index contributed by atoms with van der Waals surface area (Å²) < 4.78 is 0. The monoisotopic (exact) mass is 236 g/mol. The summed E-state index contributed by atoms with van der Waals surface area (Å²) >= 11 is 0. The van der Waals surface area contributed by atoms with Gasteiger partial charge in [-0.05, 0) is 25.9 Å². The molecule has 1 heterocycles. The highest BCUT2D eigenvalue weighted by Crippen LogP contribution is 2.15. The number of Topliss-reactive ketones (excluding diaryl/α,β-unsaturated/α-hetero) is 1. The largest absolute Gasteiger partial charge is 0.480 e. The minimum atomic E-state index is -1.10. The van der Waals surface area contributed by atoms with E-state index >= 15 is 0 Å². The number of carboxylic acids is 1. The Hall–Kier alpha value is -0.650. The van der Waals surface area contributed by atoms with E-state index in [4.69, 9.17) is 10.8 Å². The number of halogens is 1. The number of carboxylic acid groups (broad SMARTS) is 1. The Morgan fingerprint density at radius 2 is 1.93 bits per heavy atom.